The van der Waals surface area contributed by atoms with Gasteiger partial charge in [0.1, 0.15) is 5.69 Å². The Labute approximate surface area is 152 Å². The standard InChI is InChI=1S/C17H22N4OS.ClH/c1-20-14(2-6-19-20)16(22)21(11-13-3-9-23-12-13)15-10-17(15)4-7-18-8-5-17;/h2-3,6,9,12,15,18H,4-5,7-8,10-11H2,1H3;1H. The number of thiophene rings is 1. The van der Waals surface area contributed by atoms with Crippen LogP contribution in [0.15, 0.2) is 29.1 Å². The number of hydrogen-bond acceptors (Lipinski definition) is 4. The van der Waals surface area contributed by atoms with E-state index in [9.17, 15) is 4.79 Å². The topological polar surface area (TPSA) is 50.2 Å². The Morgan fingerprint density at radius 2 is 2.25 bits per heavy atom. The summed E-state index contributed by atoms with van der Waals surface area (Å²) in [5, 5.41) is 11.8. The summed E-state index contributed by atoms with van der Waals surface area (Å²) >= 11 is 1.69. The number of carbonyl (C=O) groups is 1. The van der Waals surface area contributed by atoms with Crippen molar-refractivity contribution in [1.82, 2.24) is 20.0 Å². The van der Waals surface area contributed by atoms with Crippen LogP contribution in [0.3, 0.4) is 0 Å². The largest absolute Gasteiger partial charge is 0.329 e. The van der Waals surface area contributed by atoms with Crippen molar-refractivity contribution in [1.29, 1.82) is 0 Å². The van der Waals surface area contributed by atoms with Crippen LogP contribution in [0.25, 0.3) is 0 Å². The normalized spacial score (nSPS) is 21.3. The molecule has 1 aliphatic carbocycles. The maximum absolute atomic E-state index is 13.1. The zero-order chi connectivity index (χ0) is 15.9. The van der Waals surface area contributed by atoms with E-state index >= 15 is 0 Å². The lowest BCUT2D eigenvalue weighted by molar-refractivity contribution is 0.0681. The van der Waals surface area contributed by atoms with Gasteiger partial charge in [0.25, 0.3) is 5.91 Å². The van der Waals surface area contributed by atoms with Crippen molar-refractivity contribution in [3.63, 3.8) is 0 Å². The van der Waals surface area contributed by atoms with Crippen molar-refractivity contribution in [2.24, 2.45) is 12.5 Å². The molecular formula is C17H23ClN4OS. The van der Waals surface area contributed by atoms with Gasteiger partial charge in [0.05, 0.1) is 0 Å². The van der Waals surface area contributed by atoms with Crippen LogP contribution >= 0.6 is 23.7 Å². The van der Waals surface area contributed by atoms with Crippen molar-refractivity contribution in [3.05, 3.63) is 40.3 Å². The highest BCUT2D eigenvalue weighted by atomic mass is 35.5. The summed E-state index contributed by atoms with van der Waals surface area (Å²) in [6, 6.07) is 4.30. The van der Waals surface area contributed by atoms with Crippen molar-refractivity contribution < 1.29 is 4.79 Å². The van der Waals surface area contributed by atoms with Crippen molar-refractivity contribution in [2.45, 2.75) is 31.8 Å². The minimum absolute atomic E-state index is 0. The van der Waals surface area contributed by atoms with Crippen molar-refractivity contribution in [3.8, 4) is 0 Å². The Hall–Kier alpha value is -1.37. The minimum Gasteiger partial charge on any atom is -0.329 e. The average molecular weight is 367 g/mol. The highest BCUT2D eigenvalue weighted by molar-refractivity contribution is 7.07. The molecule has 5 nitrogen and oxygen atoms in total. The zero-order valence-corrected chi connectivity index (χ0v) is 15.4. The third-order valence-corrected chi connectivity index (χ3v) is 6.09. The molecule has 1 spiro atoms. The summed E-state index contributed by atoms with van der Waals surface area (Å²) in [6.07, 6.45) is 5.19. The van der Waals surface area contributed by atoms with E-state index in [2.05, 4.69) is 32.1 Å². The predicted octanol–water partition coefficient (Wildman–Crippen LogP) is 2.69. The first-order valence-electron chi connectivity index (χ1n) is 8.20. The van der Waals surface area contributed by atoms with Gasteiger partial charge in [-0.3, -0.25) is 9.48 Å². The molecule has 1 unspecified atom stereocenters. The van der Waals surface area contributed by atoms with Crippen LogP contribution in [0.5, 0.6) is 0 Å². The van der Waals surface area contributed by atoms with Gasteiger partial charge in [-0.1, -0.05) is 0 Å². The Balaban J connectivity index is 0.00000169. The number of amides is 1. The fourth-order valence-corrected chi connectivity index (χ4v) is 4.52. The molecule has 1 atom stereocenters. The SMILES string of the molecule is Cl.Cn1nccc1C(=O)N(Cc1ccsc1)C1CC12CCNCC2. The van der Waals surface area contributed by atoms with E-state index in [0.717, 1.165) is 19.5 Å². The molecular weight excluding hydrogens is 344 g/mol. The number of nitrogens with one attached hydrogen (secondary N) is 1. The number of piperidine rings is 1. The second-order valence-corrected chi connectivity index (χ2v) is 7.52. The fourth-order valence-electron chi connectivity index (χ4n) is 3.86. The number of carbonyl (C=O) groups excluding carboxylic acids is 1. The highest BCUT2D eigenvalue weighted by Gasteiger charge is 2.57. The predicted molar refractivity (Wildman–Crippen MR) is 97.6 cm³/mol. The molecule has 1 N–H and O–H groups in total. The number of rotatable bonds is 4. The maximum atomic E-state index is 13.1. The van der Waals surface area contributed by atoms with Gasteiger partial charge in [-0.05, 0) is 66.2 Å². The number of aryl methyl sites for hydroxylation is 1. The van der Waals surface area contributed by atoms with Crippen LogP contribution < -0.4 is 5.32 Å². The summed E-state index contributed by atoms with van der Waals surface area (Å²) in [5.41, 5.74) is 2.24. The van der Waals surface area contributed by atoms with Crippen LogP contribution in [-0.4, -0.2) is 39.7 Å². The third-order valence-electron chi connectivity index (χ3n) is 5.36. The molecule has 1 aliphatic heterocycles. The molecule has 2 aromatic rings. The van der Waals surface area contributed by atoms with Gasteiger partial charge in [0.15, 0.2) is 0 Å². The average Bonchev–Trinajstić information content (AvgIpc) is 2.97. The van der Waals surface area contributed by atoms with Crippen LogP contribution in [0.4, 0.5) is 0 Å². The van der Waals surface area contributed by atoms with Crippen LogP contribution in [0, 0.1) is 5.41 Å². The molecule has 130 valence electrons. The van der Waals surface area contributed by atoms with Gasteiger partial charge < -0.3 is 10.2 Å². The summed E-state index contributed by atoms with van der Waals surface area (Å²) in [7, 11) is 1.84. The van der Waals surface area contributed by atoms with Gasteiger partial charge in [0, 0.05) is 25.8 Å². The molecule has 4 rings (SSSR count). The van der Waals surface area contributed by atoms with E-state index in [1.165, 1.54) is 18.4 Å². The smallest absolute Gasteiger partial charge is 0.272 e. The van der Waals surface area contributed by atoms with Crippen LogP contribution in [0.1, 0.15) is 35.3 Å². The molecule has 3 heterocycles. The lowest BCUT2D eigenvalue weighted by Crippen LogP contribution is -2.39. The second kappa shape index (κ2) is 6.86. The first-order chi connectivity index (χ1) is 11.2. The third kappa shape index (κ3) is 3.10. The summed E-state index contributed by atoms with van der Waals surface area (Å²) < 4.78 is 1.68. The zero-order valence-electron chi connectivity index (χ0n) is 13.8. The lowest BCUT2D eigenvalue weighted by Gasteiger charge is -2.29. The molecule has 1 saturated carbocycles. The quantitative estimate of drug-likeness (QED) is 0.905. The summed E-state index contributed by atoms with van der Waals surface area (Å²) in [4.78, 5) is 15.2. The summed E-state index contributed by atoms with van der Waals surface area (Å²) in [6.45, 7) is 2.85. The van der Waals surface area contributed by atoms with Gasteiger partial charge in [-0.2, -0.15) is 16.4 Å². The molecule has 24 heavy (non-hydrogen) atoms. The number of aromatic nitrogens is 2. The molecule has 1 amide bonds. The molecule has 0 aromatic carbocycles. The molecule has 2 aromatic heterocycles. The first-order valence-corrected chi connectivity index (χ1v) is 9.15. The van der Waals surface area contributed by atoms with Crippen molar-refractivity contribution in [2.75, 3.05) is 13.1 Å². The molecule has 0 radical (unpaired) electrons. The number of hydrogen-bond donors (Lipinski definition) is 1. The van der Waals surface area contributed by atoms with E-state index in [1.807, 2.05) is 13.1 Å². The first kappa shape index (κ1) is 17.5. The molecule has 2 fully saturated rings. The van der Waals surface area contributed by atoms with Gasteiger partial charge >= 0.3 is 0 Å². The van der Waals surface area contributed by atoms with Crippen LogP contribution in [0.2, 0.25) is 0 Å². The van der Waals surface area contributed by atoms with Crippen LogP contribution in [-0.2, 0) is 13.6 Å². The van der Waals surface area contributed by atoms with E-state index in [0.29, 0.717) is 23.7 Å². The number of nitrogens with zero attached hydrogens (tertiary/aromatic N) is 3. The fraction of sp³-hybridized carbons (Fsp3) is 0.529. The molecule has 7 heteroatoms. The lowest BCUT2D eigenvalue weighted by atomic mass is 9.93. The summed E-state index contributed by atoms with van der Waals surface area (Å²) in [5.74, 6) is 0.108. The van der Waals surface area contributed by atoms with E-state index in [4.69, 9.17) is 0 Å². The second-order valence-electron chi connectivity index (χ2n) is 6.74. The van der Waals surface area contributed by atoms with Crippen molar-refractivity contribution >= 4 is 29.7 Å². The number of halogens is 1. The van der Waals surface area contributed by atoms with Gasteiger partial charge in [0.2, 0.25) is 0 Å². The molecule has 1 saturated heterocycles. The Kier molecular flexibility index (Phi) is 4.99. The molecule has 0 bridgehead atoms. The van der Waals surface area contributed by atoms with E-state index < -0.39 is 0 Å². The minimum atomic E-state index is 0. The van der Waals surface area contributed by atoms with Gasteiger partial charge in [-0.15, -0.1) is 12.4 Å². The monoisotopic (exact) mass is 366 g/mol. The Morgan fingerprint density at radius 3 is 2.88 bits per heavy atom. The Bertz CT molecular complexity index is 693. The Morgan fingerprint density at radius 1 is 1.46 bits per heavy atom. The van der Waals surface area contributed by atoms with E-state index in [-0.39, 0.29) is 18.3 Å². The van der Waals surface area contributed by atoms with Gasteiger partial charge in [-0.25, -0.2) is 0 Å². The highest BCUT2D eigenvalue weighted by Crippen LogP contribution is 2.56. The van der Waals surface area contributed by atoms with E-state index in [1.54, 1.807) is 22.2 Å². The maximum Gasteiger partial charge on any atom is 0.272 e. The molecule has 2 aliphatic rings.